The van der Waals surface area contributed by atoms with Gasteiger partial charge in [0.1, 0.15) is 0 Å². The number of piperidine rings is 1. The van der Waals surface area contributed by atoms with Crippen LogP contribution < -0.4 is 5.32 Å². The van der Waals surface area contributed by atoms with Crippen LogP contribution in [0.4, 0.5) is 5.13 Å². The van der Waals surface area contributed by atoms with E-state index in [9.17, 15) is 13.2 Å². The molecule has 30 heavy (non-hydrogen) atoms. The number of nitrogens with zero attached hydrogens (tertiary/aromatic N) is 2. The van der Waals surface area contributed by atoms with Gasteiger partial charge in [-0.3, -0.25) is 4.79 Å². The van der Waals surface area contributed by atoms with Gasteiger partial charge in [0.05, 0.1) is 26.1 Å². The van der Waals surface area contributed by atoms with E-state index in [0.29, 0.717) is 29.5 Å². The number of carbonyl (C=O) groups excluding carboxylic acids is 1. The first kappa shape index (κ1) is 21.2. The molecule has 0 aliphatic carbocycles. The summed E-state index contributed by atoms with van der Waals surface area (Å²) in [6, 6.07) is 10.5. The lowest BCUT2D eigenvalue weighted by Gasteiger charge is -2.31. The number of halogens is 1. The zero-order chi connectivity index (χ0) is 21.5. The molecule has 4 rings (SSSR count). The van der Waals surface area contributed by atoms with Crippen molar-refractivity contribution in [3.63, 3.8) is 0 Å². The number of nitrogens with one attached hydrogen (secondary N) is 1. The standard InChI is InChI=1S/C21H22ClN3O3S2/c1-13-5-8-16(9-6-13)30(27,28)25-11-3-4-15(12-25)20(26)24-21-23-18-14(2)7-10-17(22)19(18)29-21/h5-10,15H,3-4,11-12H2,1-2H3,(H,23,24,26). The number of hydrogen-bond acceptors (Lipinski definition) is 5. The third kappa shape index (κ3) is 4.09. The van der Waals surface area contributed by atoms with Gasteiger partial charge in [0.2, 0.25) is 15.9 Å². The molecule has 3 aromatic rings. The molecule has 1 amide bonds. The van der Waals surface area contributed by atoms with Crippen LogP contribution in [0, 0.1) is 19.8 Å². The Morgan fingerprint density at radius 3 is 2.63 bits per heavy atom. The van der Waals surface area contributed by atoms with E-state index in [4.69, 9.17) is 11.6 Å². The van der Waals surface area contributed by atoms with Crippen LogP contribution in [0.15, 0.2) is 41.3 Å². The van der Waals surface area contributed by atoms with Crippen LogP contribution in [0.25, 0.3) is 10.2 Å². The monoisotopic (exact) mass is 463 g/mol. The number of benzene rings is 2. The number of fused-ring (bicyclic) bond motifs is 1. The molecule has 1 aromatic heterocycles. The molecule has 1 saturated heterocycles. The third-order valence-electron chi connectivity index (χ3n) is 5.34. The third-order valence-corrected chi connectivity index (χ3v) is 8.65. The van der Waals surface area contributed by atoms with Crippen LogP contribution in [0.2, 0.25) is 5.02 Å². The molecule has 6 nitrogen and oxygen atoms in total. The second-order valence-electron chi connectivity index (χ2n) is 7.57. The molecular weight excluding hydrogens is 442 g/mol. The molecule has 0 radical (unpaired) electrons. The summed E-state index contributed by atoms with van der Waals surface area (Å²) < 4.78 is 28.2. The minimum Gasteiger partial charge on any atom is -0.302 e. The molecule has 1 atom stereocenters. The van der Waals surface area contributed by atoms with Gasteiger partial charge in [-0.05, 0) is 50.5 Å². The highest BCUT2D eigenvalue weighted by molar-refractivity contribution is 7.89. The highest BCUT2D eigenvalue weighted by Gasteiger charge is 2.33. The number of anilines is 1. The summed E-state index contributed by atoms with van der Waals surface area (Å²) in [5.41, 5.74) is 2.75. The number of rotatable bonds is 4. The average Bonchev–Trinajstić information content (AvgIpc) is 3.16. The molecule has 0 spiro atoms. The summed E-state index contributed by atoms with van der Waals surface area (Å²) in [5, 5.41) is 3.94. The largest absolute Gasteiger partial charge is 0.302 e. The first-order valence-corrected chi connectivity index (χ1v) is 12.3. The lowest BCUT2D eigenvalue weighted by Crippen LogP contribution is -2.43. The Hall–Kier alpha value is -2.00. The maximum Gasteiger partial charge on any atom is 0.243 e. The van der Waals surface area contributed by atoms with Gasteiger partial charge >= 0.3 is 0 Å². The topological polar surface area (TPSA) is 79.4 Å². The zero-order valence-corrected chi connectivity index (χ0v) is 19.1. The number of sulfonamides is 1. The predicted octanol–water partition coefficient (Wildman–Crippen LogP) is 4.61. The van der Waals surface area contributed by atoms with Gasteiger partial charge in [-0.2, -0.15) is 4.31 Å². The lowest BCUT2D eigenvalue weighted by molar-refractivity contribution is -0.120. The molecule has 158 valence electrons. The smallest absolute Gasteiger partial charge is 0.243 e. The maximum absolute atomic E-state index is 13.0. The van der Waals surface area contributed by atoms with Crippen molar-refractivity contribution in [3.05, 3.63) is 52.5 Å². The maximum atomic E-state index is 13.0. The van der Waals surface area contributed by atoms with Gasteiger partial charge in [0.15, 0.2) is 5.13 Å². The van der Waals surface area contributed by atoms with E-state index in [0.717, 1.165) is 21.3 Å². The Labute approximate surface area is 184 Å². The summed E-state index contributed by atoms with van der Waals surface area (Å²) in [6.07, 6.45) is 1.27. The molecule has 1 N–H and O–H groups in total. The van der Waals surface area contributed by atoms with E-state index in [1.54, 1.807) is 24.3 Å². The first-order valence-electron chi connectivity index (χ1n) is 9.69. The SMILES string of the molecule is Cc1ccc(S(=O)(=O)N2CCCC(C(=O)Nc3nc4c(C)ccc(Cl)c4s3)C2)cc1. The number of amides is 1. The zero-order valence-electron chi connectivity index (χ0n) is 16.7. The molecule has 2 aromatic carbocycles. The number of aryl methyl sites for hydroxylation is 2. The van der Waals surface area contributed by atoms with Gasteiger partial charge < -0.3 is 5.32 Å². The molecule has 0 bridgehead atoms. The summed E-state index contributed by atoms with van der Waals surface area (Å²) in [4.78, 5) is 17.6. The quantitative estimate of drug-likeness (QED) is 0.612. The number of aromatic nitrogens is 1. The van der Waals surface area contributed by atoms with Crippen molar-refractivity contribution in [2.45, 2.75) is 31.6 Å². The van der Waals surface area contributed by atoms with Crippen LogP contribution in [-0.2, 0) is 14.8 Å². The minimum absolute atomic E-state index is 0.159. The van der Waals surface area contributed by atoms with Crippen LogP contribution in [0.1, 0.15) is 24.0 Å². The number of hydrogen-bond donors (Lipinski definition) is 1. The van der Waals surface area contributed by atoms with Gasteiger partial charge in [-0.1, -0.05) is 46.7 Å². The predicted molar refractivity (Wildman–Crippen MR) is 121 cm³/mol. The van der Waals surface area contributed by atoms with Crippen molar-refractivity contribution in [3.8, 4) is 0 Å². The molecule has 1 fully saturated rings. The van der Waals surface area contributed by atoms with Crippen LogP contribution in [-0.4, -0.2) is 36.7 Å². The molecule has 2 heterocycles. The van der Waals surface area contributed by atoms with E-state index in [1.165, 1.54) is 15.6 Å². The number of carbonyl (C=O) groups is 1. The first-order chi connectivity index (χ1) is 14.3. The second-order valence-corrected chi connectivity index (χ2v) is 10.9. The Kier molecular flexibility index (Phi) is 5.85. The van der Waals surface area contributed by atoms with Crippen molar-refractivity contribution < 1.29 is 13.2 Å². The van der Waals surface area contributed by atoms with Crippen LogP contribution in [0.3, 0.4) is 0 Å². The molecule has 1 unspecified atom stereocenters. The summed E-state index contributed by atoms with van der Waals surface area (Å²) in [6.45, 7) is 4.43. The molecule has 0 saturated carbocycles. The van der Waals surface area contributed by atoms with Crippen molar-refractivity contribution in [2.75, 3.05) is 18.4 Å². The average molecular weight is 464 g/mol. The molecule has 1 aliphatic rings. The van der Waals surface area contributed by atoms with Crippen LogP contribution >= 0.6 is 22.9 Å². The Bertz CT molecular complexity index is 1170. The summed E-state index contributed by atoms with van der Waals surface area (Å²) >= 11 is 7.58. The molecular formula is C21H22ClN3O3S2. The van der Waals surface area contributed by atoms with E-state index in [2.05, 4.69) is 10.3 Å². The van der Waals surface area contributed by atoms with E-state index < -0.39 is 15.9 Å². The fourth-order valence-electron chi connectivity index (χ4n) is 3.60. The summed E-state index contributed by atoms with van der Waals surface area (Å²) in [5.74, 6) is -0.644. The van der Waals surface area contributed by atoms with Crippen molar-refractivity contribution in [1.82, 2.24) is 9.29 Å². The van der Waals surface area contributed by atoms with E-state index >= 15 is 0 Å². The lowest BCUT2D eigenvalue weighted by atomic mass is 9.99. The van der Waals surface area contributed by atoms with Crippen molar-refractivity contribution in [1.29, 1.82) is 0 Å². The van der Waals surface area contributed by atoms with E-state index in [1.807, 2.05) is 26.0 Å². The fourth-order valence-corrected chi connectivity index (χ4v) is 6.34. The Morgan fingerprint density at radius 2 is 1.93 bits per heavy atom. The minimum atomic E-state index is -3.63. The van der Waals surface area contributed by atoms with Gasteiger partial charge in [-0.25, -0.2) is 13.4 Å². The Balaban J connectivity index is 1.50. The molecule has 9 heteroatoms. The fraction of sp³-hybridized carbons (Fsp3) is 0.333. The molecule has 1 aliphatic heterocycles. The van der Waals surface area contributed by atoms with Gasteiger partial charge in [-0.15, -0.1) is 0 Å². The number of thiazole rings is 1. The normalized spacial score (nSPS) is 17.9. The summed E-state index contributed by atoms with van der Waals surface area (Å²) in [7, 11) is -3.63. The van der Waals surface area contributed by atoms with Crippen molar-refractivity contribution in [2.24, 2.45) is 5.92 Å². The van der Waals surface area contributed by atoms with Gasteiger partial charge in [0.25, 0.3) is 0 Å². The van der Waals surface area contributed by atoms with Gasteiger partial charge in [0, 0.05) is 13.1 Å². The van der Waals surface area contributed by atoms with Crippen molar-refractivity contribution >= 4 is 54.2 Å². The second kappa shape index (κ2) is 8.26. The highest BCUT2D eigenvalue weighted by atomic mass is 35.5. The Morgan fingerprint density at radius 1 is 1.20 bits per heavy atom. The highest BCUT2D eigenvalue weighted by Crippen LogP contribution is 2.34. The van der Waals surface area contributed by atoms with E-state index in [-0.39, 0.29) is 17.3 Å². The van der Waals surface area contributed by atoms with Crippen LogP contribution in [0.5, 0.6) is 0 Å².